The number of carbonyl (C=O) groups is 2. The molecule has 1 aliphatic rings. The number of benzene rings is 1. The molecule has 6 nitrogen and oxygen atoms in total. The first-order chi connectivity index (χ1) is 17.1. The Kier molecular flexibility index (Phi) is 6.47. The molecule has 2 atom stereocenters. The number of hydrogen-bond donors (Lipinski definition) is 0. The molecule has 0 spiro atoms. The molecule has 0 saturated heterocycles. The zero-order valence-electron chi connectivity index (χ0n) is 19.4. The molecule has 1 fully saturated rings. The van der Waals surface area contributed by atoms with Gasteiger partial charge in [0, 0.05) is 18.7 Å². The SMILES string of the molecule is C#Cc1ccc(C(=O)C[C@@H]2CCC[C@H](n3c(-c4ccccn4)nc4cc(C(=O)OC)ccc43)C2)s1. The fourth-order valence-electron chi connectivity index (χ4n) is 5.00. The highest BCUT2D eigenvalue weighted by atomic mass is 32.1. The third-order valence-electron chi connectivity index (χ3n) is 6.62. The first-order valence-corrected chi connectivity index (χ1v) is 12.5. The molecule has 176 valence electrons. The van der Waals surface area contributed by atoms with Gasteiger partial charge < -0.3 is 9.30 Å². The Bertz CT molecular complexity index is 1430. The van der Waals surface area contributed by atoms with Gasteiger partial charge in [-0.1, -0.05) is 18.4 Å². The molecule has 4 aromatic rings. The summed E-state index contributed by atoms with van der Waals surface area (Å²) in [4.78, 5) is 36.0. The number of ketones is 1. The van der Waals surface area contributed by atoms with Crippen molar-refractivity contribution in [2.75, 3.05) is 7.11 Å². The van der Waals surface area contributed by atoms with Gasteiger partial charge in [0.05, 0.1) is 33.5 Å². The number of terminal acetylenes is 1. The minimum absolute atomic E-state index is 0.158. The first kappa shape index (κ1) is 23.0. The van der Waals surface area contributed by atoms with Crippen molar-refractivity contribution in [3.63, 3.8) is 0 Å². The van der Waals surface area contributed by atoms with Gasteiger partial charge in [-0.05, 0) is 67.6 Å². The summed E-state index contributed by atoms with van der Waals surface area (Å²) in [7, 11) is 1.37. The second kappa shape index (κ2) is 9.85. The number of ether oxygens (including phenoxy) is 1. The lowest BCUT2D eigenvalue weighted by molar-refractivity contribution is 0.0600. The van der Waals surface area contributed by atoms with E-state index in [1.807, 2.05) is 36.4 Å². The van der Waals surface area contributed by atoms with E-state index in [-0.39, 0.29) is 17.7 Å². The molecule has 1 saturated carbocycles. The van der Waals surface area contributed by atoms with E-state index >= 15 is 0 Å². The number of aromatic nitrogens is 3. The van der Waals surface area contributed by atoms with Crippen molar-refractivity contribution < 1.29 is 14.3 Å². The smallest absolute Gasteiger partial charge is 0.337 e. The lowest BCUT2D eigenvalue weighted by atomic mass is 9.82. The number of rotatable bonds is 6. The maximum atomic E-state index is 12.9. The van der Waals surface area contributed by atoms with Crippen molar-refractivity contribution in [3.8, 4) is 23.9 Å². The Hall–Kier alpha value is -3.76. The Morgan fingerprint density at radius 1 is 1.20 bits per heavy atom. The summed E-state index contributed by atoms with van der Waals surface area (Å²) in [5, 5.41) is 0. The van der Waals surface area contributed by atoms with Gasteiger partial charge in [-0.2, -0.15) is 0 Å². The van der Waals surface area contributed by atoms with Crippen LogP contribution < -0.4 is 0 Å². The summed E-state index contributed by atoms with van der Waals surface area (Å²) in [5.74, 6) is 3.43. The van der Waals surface area contributed by atoms with Crippen LogP contribution in [0.15, 0.2) is 54.7 Å². The summed E-state index contributed by atoms with van der Waals surface area (Å²) in [5.41, 5.74) is 2.92. The summed E-state index contributed by atoms with van der Waals surface area (Å²) < 4.78 is 7.14. The Labute approximate surface area is 208 Å². The van der Waals surface area contributed by atoms with Gasteiger partial charge in [-0.25, -0.2) is 9.78 Å². The van der Waals surface area contributed by atoms with Crippen LogP contribution in [0.25, 0.3) is 22.6 Å². The van der Waals surface area contributed by atoms with E-state index in [0.717, 1.165) is 58.0 Å². The predicted octanol–water partition coefficient (Wildman–Crippen LogP) is 5.93. The molecule has 1 aliphatic carbocycles. The van der Waals surface area contributed by atoms with Crippen LogP contribution in [0.5, 0.6) is 0 Å². The van der Waals surface area contributed by atoms with Crippen LogP contribution in [0.2, 0.25) is 0 Å². The van der Waals surface area contributed by atoms with E-state index in [0.29, 0.717) is 12.0 Å². The Balaban J connectivity index is 1.48. The zero-order chi connectivity index (χ0) is 24.4. The van der Waals surface area contributed by atoms with E-state index in [4.69, 9.17) is 16.1 Å². The van der Waals surface area contributed by atoms with Crippen molar-refractivity contribution in [1.29, 1.82) is 0 Å². The van der Waals surface area contributed by atoms with Gasteiger partial charge in [0.1, 0.15) is 5.69 Å². The molecule has 3 aromatic heterocycles. The van der Waals surface area contributed by atoms with Crippen LogP contribution in [0.3, 0.4) is 0 Å². The molecule has 0 amide bonds. The number of Topliss-reactive ketones (excluding diaryl/α,β-unsaturated/α-hetero) is 1. The quantitative estimate of drug-likeness (QED) is 0.193. The molecular formula is C28H25N3O3S. The van der Waals surface area contributed by atoms with Crippen molar-refractivity contribution in [2.45, 2.75) is 38.1 Å². The zero-order valence-corrected chi connectivity index (χ0v) is 20.3. The summed E-state index contributed by atoms with van der Waals surface area (Å²) >= 11 is 1.39. The third kappa shape index (κ3) is 4.62. The fraction of sp³-hybridized carbons (Fsp3) is 0.286. The molecule has 5 rings (SSSR count). The molecule has 3 heterocycles. The molecule has 0 N–H and O–H groups in total. The topological polar surface area (TPSA) is 74.1 Å². The highest BCUT2D eigenvalue weighted by molar-refractivity contribution is 7.14. The summed E-state index contributed by atoms with van der Waals surface area (Å²) in [6.45, 7) is 0. The largest absolute Gasteiger partial charge is 0.465 e. The van der Waals surface area contributed by atoms with Gasteiger partial charge in [-0.15, -0.1) is 17.8 Å². The molecule has 7 heteroatoms. The molecule has 0 radical (unpaired) electrons. The first-order valence-electron chi connectivity index (χ1n) is 11.7. The van der Waals surface area contributed by atoms with Crippen LogP contribution in [-0.4, -0.2) is 33.4 Å². The number of fused-ring (bicyclic) bond motifs is 1. The lowest BCUT2D eigenvalue weighted by Crippen LogP contribution is -2.22. The summed E-state index contributed by atoms with van der Waals surface area (Å²) in [6.07, 6.45) is 11.7. The van der Waals surface area contributed by atoms with E-state index in [1.165, 1.54) is 18.4 Å². The minimum Gasteiger partial charge on any atom is -0.465 e. The number of thiophene rings is 1. The van der Waals surface area contributed by atoms with E-state index in [2.05, 4.69) is 15.5 Å². The number of hydrogen-bond acceptors (Lipinski definition) is 6. The van der Waals surface area contributed by atoms with Crippen LogP contribution in [0, 0.1) is 18.3 Å². The Morgan fingerprint density at radius 2 is 2.09 bits per heavy atom. The maximum Gasteiger partial charge on any atom is 0.337 e. The second-order valence-electron chi connectivity index (χ2n) is 8.84. The van der Waals surface area contributed by atoms with Gasteiger partial charge in [0.2, 0.25) is 0 Å². The normalized spacial score (nSPS) is 17.7. The average molecular weight is 484 g/mol. The fourth-order valence-corrected chi connectivity index (χ4v) is 5.76. The number of nitrogens with zero attached hydrogens (tertiary/aromatic N) is 3. The van der Waals surface area contributed by atoms with Crippen LogP contribution in [0.1, 0.15) is 63.1 Å². The van der Waals surface area contributed by atoms with Gasteiger partial charge in [0.25, 0.3) is 0 Å². The van der Waals surface area contributed by atoms with E-state index in [9.17, 15) is 9.59 Å². The minimum atomic E-state index is -0.390. The predicted molar refractivity (Wildman–Crippen MR) is 136 cm³/mol. The van der Waals surface area contributed by atoms with Gasteiger partial charge >= 0.3 is 5.97 Å². The van der Waals surface area contributed by atoms with Crippen molar-refractivity contribution in [3.05, 3.63) is 70.0 Å². The number of pyridine rings is 1. The maximum absolute atomic E-state index is 12.9. The van der Waals surface area contributed by atoms with Crippen molar-refractivity contribution >= 4 is 34.1 Å². The molecule has 0 bridgehead atoms. The molecule has 35 heavy (non-hydrogen) atoms. The van der Waals surface area contributed by atoms with E-state index in [1.54, 1.807) is 18.3 Å². The highest BCUT2D eigenvalue weighted by Gasteiger charge is 2.29. The van der Waals surface area contributed by atoms with Crippen molar-refractivity contribution in [1.82, 2.24) is 14.5 Å². The Morgan fingerprint density at radius 3 is 2.83 bits per heavy atom. The molecular weight excluding hydrogens is 458 g/mol. The third-order valence-corrected chi connectivity index (χ3v) is 7.68. The van der Waals surface area contributed by atoms with Gasteiger partial charge in [0.15, 0.2) is 11.6 Å². The number of methoxy groups -OCH3 is 1. The highest BCUT2D eigenvalue weighted by Crippen LogP contribution is 2.39. The lowest BCUT2D eigenvalue weighted by Gasteiger charge is -2.31. The van der Waals surface area contributed by atoms with E-state index < -0.39 is 5.97 Å². The summed E-state index contributed by atoms with van der Waals surface area (Å²) in [6, 6.07) is 15.1. The number of esters is 1. The monoisotopic (exact) mass is 483 g/mol. The van der Waals surface area contributed by atoms with Crippen LogP contribution in [-0.2, 0) is 4.74 Å². The number of carbonyl (C=O) groups excluding carboxylic acids is 2. The standard InChI is InChI=1S/C28H25N3O3S/c1-3-21-11-13-26(35-21)25(32)16-18-7-6-8-20(15-18)31-24-12-10-19(28(33)34-2)17-23(24)30-27(31)22-9-4-5-14-29-22/h1,4-5,9-14,17-18,20H,6-8,15-16H2,2H3/t18-,20+/m1/s1. The number of imidazole rings is 1. The molecule has 0 aliphatic heterocycles. The molecule has 1 aromatic carbocycles. The molecule has 0 unspecified atom stereocenters. The van der Waals surface area contributed by atoms with Gasteiger partial charge in [-0.3, -0.25) is 9.78 Å². The average Bonchev–Trinajstić information content (AvgIpc) is 3.53. The van der Waals surface area contributed by atoms with Crippen LogP contribution >= 0.6 is 11.3 Å². The second-order valence-corrected chi connectivity index (χ2v) is 9.92. The van der Waals surface area contributed by atoms with Crippen molar-refractivity contribution in [2.24, 2.45) is 5.92 Å². The van der Waals surface area contributed by atoms with Crippen LogP contribution in [0.4, 0.5) is 0 Å².